The highest BCUT2D eigenvalue weighted by Gasteiger charge is 2.30. The lowest BCUT2D eigenvalue weighted by atomic mass is 10.0. The Kier molecular flexibility index (Phi) is 5.15. The maximum atomic E-state index is 14.4. The molecule has 1 aliphatic heterocycles. The van der Waals surface area contributed by atoms with Crippen molar-refractivity contribution in [1.82, 2.24) is 0 Å². The minimum atomic E-state index is -0.476. The van der Waals surface area contributed by atoms with Crippen molar-refractivity contribution < 1.29 is 8.78 Å². The largest absolute Gasteiger partial charge is 0.365 e. The predicted molar refractivity (Wildman–Crippen MR) is 87.1 cm³/mol. The molecule has 2 N–H and O–H groups in total. The molecular weight excluding hydrogens is 290 g/mol. The summed E-state index contributed by atoms with van der Waals surface area (Å²) in [6.07, 6.45) is 1.30. The van der Waals surface area contributed by atoms with Crippen LogP contribution in [-0.4, -0.2) is 29.6 Å². The quantitative estimate of drug-likeness (QED) is 0.921. The second kappa shape index (κ2) is 6.53. The second-order valence-corrected chi connectivity index (χ2v) is 8.11. The lowest BCUT2D eigenvalue weighted by molar-refractivity contribution is 0.551. The number of nitrogens with two attached hydrogens (primary N) is 1. The van der Waals surface area contributed by atoms with Gasteiger partial charge in [-0.2, -0.15) is 11.8 Å². The summed E-state index contributed by atoms with van der Waals surface area (Å²) in [5.74, 6) is -0.0686. The zero-order valence-corrected chi connectivity index (χ0v) is 13.8. The number of hydrogen-bond acceptors (Lipinski definition) is 3. The summed E-state index contributed by atoms with van der Waals surface area (Å²) in [6.45, 7) is 7.51. The predicted octanol–water partition coefficient (Wildman–Crippen LogP) is 3.58. The molecule has 1 atom stereocenters. The van der Waals surface area contributed by atoms with Crippen LogP contribution in [0.15, 0.2) is 12.1 Å². The summed E-state index contributed by atoms with van der Waals surface area (Å²) >= 11 is 1.84. The molecule has 1 heterocycles. The van der Waals surface area contributed by atoms with E-state index in [2.05, 4.69) is 13.8 Å². The molecule has 0 radical (unpaired) electrons. The Labute approximate surface area is 130 Å². The topological polar surface area (TPSA) is 29.3 Å². The number of rotatable bonds is 4. The van der Waals surface area contributed by atoms with Crippen molar-refractivity contribution in [3.63, 3.8) is 0 Å². The minimum Gasteiger partial charge on any atom is -0.365 e. The molecule has 0 aromatic heterocycles. The summed E-state index contributed by atoms with van der Waals surface area (Å²) in [4.78, 5) is 1.82. The van der Waals surface area contributed by atoms with Crippen LogP contribution >= 0.6 is 11.8 Å². The Morgan fingerprint density at radius 1 is 1.33 bits per heavy atom. The standard InChI is InChI=1S/C16H24F2N2S/c1-4-12(19)7-11-8-13(17)15(14(18)9-11)20-5-6-21-16(2,3)10-20/h8-9,12H,4-7,10,19H2,1-3H3. The second-order valence-electron chi connectivity index (χ2n) is 6.31. The highest BCUT2D eigenvalue weighted by atomic mass is 32.2. The zero-order chi connectivity index (χ0) is 15.6. The maximum absolute atomic E-state index is 14.4. The van der Waals surface area contributed by atoms with E-state index in [1.807, 2.05) is 23.6 Å². The van der Waals surface area contributed by atoms with E-state index in [4.69, 9.17) is 5.73 Å². The van der Waals surface area contributed by atoms with E-state index in [1.165, 1.54) is 12.1 Å². The van der Waals surface area contributed by atoms with Crippen LogP contribution in [-0.2, 0) is 6.42 Å². The Bertz CT molecular complexity index is 482. The van der Waals surface area contributed by atoms with Crippen LogP contribution in [0.3, 0.4) is 0 Å². The van der Waals surface area contributed by atoms with Gasteiger partial charge in [-0.05, 0) is 44.4 Å². The first kappa shape index (κ1) is 16.6. The van der Waals surface area contributed by atoms with E-state index in [0.29, 0.717) is 25.1 Å². The fourth-order valence-corrected chi connectivity index (χ4v) is 3.80. The van der Waals surface area contributed by atoms with Crippen LogP contribution in [0.25, 0.3) is 0 Å². The molecule has 0 saturated carbocycles. The smallest absolute Gasteiger partial charge is 0.149 e. The molecule has 2 rings (SSSR count). The van der Waals surface area contributed by atoms with E-state index in [1.54, 1.807) is 0 Å². The van der Waals surface area contributed by atoms with Gasteiger partial charge in [-0.3, -0.25) is 0 Å². The SMILES string of the molecule is CCC(N)Cc1cc(F)c(N2CCSC(C)(C)C2)c(F)c1. The van der Waals surface area contributed by atoms with Crippen LogP contribution in [0.5, 0.6) is 0 Å². The molecule has 21 heavy (non-hydrogen) atoms. The van der Waals surface area contributed by atoms with E-state index in [9.17, 15) is 8.78 Å². The Hall–Kier alpha value is -0.810. The van der Waals surface area contributed by atoms with Crippen LogP contribution in [0.4, 0.5) is 14.5 Å². The highest BCUT2D eigenvalue weighted by Crippen LogP contribution is 2.34. The van der Waals surface area contributed by atoms with E-state index >= 15 is 0 Å². The van der Waals surface area contributed by atoms with Gasteiger partial charge in [0.05, 0.1) is 0 Å². The van der Waals surface area contributed by atoms with E-state index in [0.717, 1.165) is 12.2 Å². The van der Waals surface area contributed by atoms with Gasteiger partial charge in [0.25, 0.3) is 0 Å². The average molecular weight is 314 g/mol. The Morgan fingerprint density at radius 2 is 1.95 bits per heavy atom. The van der Waals surface area contributed by atoms with Gasteiger partial charge in [0.15, 0.2) is 0 Å². The summed E-state index contributed by atoms with van der Waals surface area (Å²) < 4.78 is 28.8. The molecule has 0 bridgehead atoms. The first-order chi connectivity index (χ1) is 9.82. The molecule has 0 aliphatic carbocycles. The monoisotopic (exact) mass is 314 g/mol. The lowest BCUT2D eigenvalue weighted by Crippen LogP contribution is -2.44. The third-order valence-electron chi connectivity index (χ3n) is 3.84. The number of halogens is 2. The summed E-state index contributed by atoms with van der Waals surface area (Å²) in [6, 6.07) is 2.81. The highest BCUT2D eigenvalue weighted by molar-refractivity contribution is 8.00. The van der Waals surface area contributed by atoms with Crippen molar-refractivity contribution in [1.29, 1.82) is 0 Å². The number of nitrogens with zero attached hydrogens (tertiary/aromatic N) is 1. The molecule has 1 aromatic carbocycles. The number of benzene rings is 1. The molecule has 1 saturated heterocycles. The number of thioether (sulfide) groups is 1. The summed E-state index contributed by atoms with van der Waals surface area (Å²) in [5, 5.41) is 0. The van der Waals surface area contributed by atoms with E-state index < -0.39 is 11.6 Å². The van der Waals surface area contributed by atoms with Gasteiger partial charge in [0.1, 0.15) is 17.3 Å². The maximum Gasteiger partial charge on any atom is 0.149 e. The molecule has 0 amide bonds. The van der Waals surface area contributed by atoms with Crippen molar-refractivity contribution in [2.75, 3.05) is 23.7 Å². The van der Waals surface area contributed by atoms with Crippen molar-refractivity contribution in [3.8, 4) is 0 Å². The van der Waals surface area contributed by atoms with Crippen molar-refractivity contribution in [3.05, 3.63) is 29.3 Å². The van der Waals surface area contributed by atoms with Gasteiger partial charge in [-0.25, -0.2) is 8.78 Å². The van der Waals surface area contributed by atoms with E-state index in [-0.39, 0.29) is 16.5 Å². The van der Waals surface area contributed by atoms with Crippen LogP contribution < -0.4 is 10.6 Å². The zero-order valence-electron chi connectivity index (χ0n) is 13.0. The average Bonchev–Trinajstić information content (AvgIpc) is 2.36. The summed E-state index contributed by atoms with van der Waals surface area (Å²) in [7, 11) is 0. The third-order valence-corrected chi connectivity index (χ3v) is 5.14. The normalized spacial score (nSPS) is 19.6. The molecule has 1 aromatic rings. The van der Waals surface area contributed by atoms with Gasteiger partial charge in [0, 0.05) is 29.6 Å². The Morgan fingerprint density at radius 3 is 2.48 bits per heavy atom. The van der Waals surface area contributed by atoms with Crippen LogP contribution in [0.2, 0.25) is 0 Å². The molecule has 1 fully saturated rings. The third kappa shape index (κ3) is 4.10. The van der Waals surface area contributed by atoms with Crippen molar-refractivity contribution in [2.24, 2.45) is 5.73 Å². The molecule has 118 valence electrons. The molecule has 2 nitrogen and oxygen atoms in total. The van der Waals surface area contributed by atoms with Crippen LogP contribution in [0, 0.1) is 11.6 Å². The van der Waals surface area contributed by atoms with Crippen molar-refractivity contribution >= 4 is 17.4 Å². The fourth-order valence-electron chi connectivity index (χ4n) is 2.69. The minimum absolute atomic E-state index is 0.0143. The molecule has 1 unspecified atom stereocenters. The van der Waals surface area contributed by atoms with Gasteiger partial charge >= 0.3 is 0 Å². The van der Waals surface area contributed by atoms with Gasteiger partial charge < -0.3 is 10.6 Å². The first-order valence-electron chi connectivity index (χ1n) is 7.45. The number of hydrogen-bond donors (Lipinski definition) is 1. The van der Waals surface area contributed by atoms with Gasteiger partial charge in [0.2, 0.25) is 0 Å². The Balaban J connectivity index is 2.24. The molecule has 0 spiro atoms. The van der Waals surface area contributed by atoms with Crippen molar-refractivity contribution in [2.45, 2.75) is 44.4 Å². The van der Waals surface area contributed by atoms with Gasteiger partial charge in [-0.15, -0.1) is 0 Å². The fraction of sp³-hybridized carbons (Fsp3) is 0.625. The molecule has 5 heteroatoms. The molecular formula is C16H24F2N2S. The number of anilines is 1. The molecule has 1 aliphatic rings. The first-order valence-corrected chi connectivity index (χ1v) is 8.43. The lowest BCUT2D eigenvalue weighted by Gasteiger charge is -2.39. The summed E-state index contributed by atoms with van der Waals surface area (Å²) in [5.41, 5.74) is 6.61. The van der Waals surface area contributed by atoms with Gasteiger partial charge in [-0.1, -0.05) is 6.92 Å². The van der Waals surface area contributed by atoms with Crippen LogP contribution in [0.1, 0.15) is 32.8 Å².